The summed E-state index contributed by atoms with van der Waals surface area (Å²) in [7, 11) is 0. The van der Waals surface area contributed by atoms with Crippen molar-refractivity contribution < 1.29 is 34.1 Å². The highest BCUT2D eigenvalue weighted by Crippen LogP contribution is 2.31. The van der Waals surface area contributed by atoms with E-state index in [1.54, 1.807) is 6.92 Å². The molecule has 0 spiro atoms. The zero-order valence-corrected chi connectivity index (χ0v) is 19.6. The molecule has 184 valence electrons. The lowest BCUT2D eigenvalue weighted by atomic mass is 10.0. The fraction of sp³-hybridized carbons (Fsp3) is 0.450. The smallest absolute Gasteiger partial charge is 0.434 e. The molecule has 3 rings (SSSR count). The number of aromatic amines is 1. The number of halogens is 1. The molecule has 14 heteroatoms. The lowest BCUT2D eigenvalue weighted by molar-refractivity contribution is -0.385. The molecule has 1 aromatic carbocycles. The Morgan fingerprint density at radius 3 is 2.82 bits per heavy atom. The number of aliphatic hydroxyl groups excluding tert-OH is 2. The van der Waals surface area contributed by atoms with Crippen molar-refractivity contribution in [3.63, 3.8) is 0 Å². The maximum absolute atomic E-state index is 12.0. The molecule has 0 amide bonds. The van der Waals surface area contributed by atoms with Gasteiger partial charge < -0.3 is 24.4 Å². The van der Waals surface area contributed by atoms with E-state index in [0.717, 1.165) is 4.57 Å². The Kier molecular flexibility index (Phi) is 7.86. The van der Waals surface area contributed by atoms with Gasteiger partial charge in [0.2, 0.25) is 6.29 Å². The summed E-state index contributed by atoms with van der Waals surface area (Å²) in [4.78, 5) is 48.4. The lowest BCUT2D eigenvalue weighted by Gasteiger charge is -2.21. The van der Waals surface area contributed by atoms with Crippen molar-refractivity contribution in [2.24, 2.45) is 0 Å². The number of nitrogens with one attached hydrogen (secondary N) is 1. The Bertz CT molecular complexity index is 1200. The van der Waals surface area contributed by atoms with Gasteiger partial charge in [-0.2, -0.15) is 0 Å². The first-order valence-corrected chi connectivity index (χ1v) is 10.9. The second kappa shape index (κ2) is 10.5. The quantitative estimate of drug-likeness (QED) is 0.200. The van der Waals surface area contributed by atoms with Crippen molar-refractivity contribution >= 4 is 27.8 Å². The maximum atomic E-state index is 12.0. The van der Waals surface area contributed by atoms with Crippen molar-refractivity contribution in [2.75, 3.05) is 6.61 Å². The zero-order valence-electron chi connectivity index (χ0n) is 18.0. The number of nitro benzene ring substituents is 1. The molecule has 2 aromatic rings. The van der Waals surface area contributed by atoms with Gasteiger partial charge in [0.15, 0.2) is 0 Å². The first-order valence-electron chi connectivity index (χ1n) is 10.1. The molecule has 34 heavy (non-hydrogen) atoms. The molecule has 2 heterocycles. The van der Waals surface area contributed by atoms with Crippen molar-refractivity contribution in [1.82, 2.24) is 9.55 Å². The van der Waals surface area contributed by atoms with E-state index in [1.807, 2.05) is 0 Å². The standard InChI is InChI=1S/C20H22BrN3O10/c1-9-7-23(19(28)22-17(9)26)15-6-14(25)16(33-15)18(27)34-20(29)32-8-10(2)12-5-11(21)3-4-13(12)24(30)31/h3-5,7,10,14-16,18,25,27H,6,8H2,1-2H3,(H,22,26,28)/t10?,14?,15-,16+,18?/m1/s1. The van der Waals surface area contributed by atoms with E-state index < -0.39 is 53.0 Å². The average Bonchev–Trinajstić information content (AvgIpc) is 3.15. The van der Waals surface area contributed by atoms with Crippen molar-refractivity contribution in [2.45, 2.75) is 50.9 Å². The van der Waals surface area contributed by atoms with Crippen LogP contribution in [0.1, 0.15) is 36.6 Å². The van der Waals surface area contributed by atoms with Crippen molar-refractivity contribution in [3.8, 4) is 0 Å². The summed E-state index contributed by atoms with van der Waals surface area (Å²) in [6.07, 6.45) is -5.78. The van der Waals surface area contributed by atoms with Gasteiger partial charge in [-0.3, -0.25) is 24.5 Å². The molecule has 13 nitrogen and oxygen atoms in total. The summed E-state index contributed by atoms with van der Waals surface area (Å²) >= 11 is 3.24. The van der Waals surface area contributed by atoms with Crippen LogP contribution in [0.5, 0.6) is 0 Å². The van der Waals surface area contributed by atoms with Crippen LogP contribution in [0.25, 0.3) is 0 Å². The number of aromatic nitrogens is 2. The highest BCUT2D eigenvalue weighted by Gasteiger charge is 2.42. The molecule has 0 radical (unpaired) electrons. The second-order valence-electron chi connectivity index (χ2n) is 7.77. The van der Waals surface area contributed by atoms with Crippen LogP contribution in [0.15, 0.2) is 38.5 Å². The minimum absolute atomic E-state index is 0.116. The zero-order chi connectivity index (χ0) is 25.2. The number of H-pyrrole nitrogens is 1. The molecule has 5 atom stereocenters. The SMILES string of the molecule is Cc1cn([C@H]2CC(O)[C@@H](C(O)OC(=O)OCC(C)c3cc(Br)ccc3[N+](=O)[O-])O2)c(=O)[nH]c1=O. The Balaban J connectivity index is 1.59. The molecule has 0 saturated carbocycles. The predicted octanol–water partition coefficient (Wildman–Crippen LogP) is 1.44. The van der Waals surface area contributed by atoms with Gasteiger partial charge in [0.05, 0.1) is 11.0 Å². The van der Waals surface area contributed by atoms with E-state index >= 15 is 0 Å². The van der Waals surface area contributed by atoms with E-state index in [-0.39, 0.29) is 24.3 Å². The summed E-state index contributed by atoms with van der Waals surface area (Å²) in [6, 6.07) is 4.38. The van der Waals surface area contributed by atoms with Gasteiger partial charge in [-0.1, -0.05) is 22.9 Å². The molecule has 3 unspecified atom stereocenters. The molecule has 1 saturated heterocycles. The number of nitrogens with zero attached hydrogens (tertiary/aromatic N) is 2. The van der Waals surface area contributed by atoms with Gasteiger partial charge in [0.25, 0.3) is 11.2 Å². The van der Waals surface area contributed by atoms with Gasteiger partial charge in [-0.05, 0) is 19.1 Å². The molecule has 0 bridgehead atoms. The van der Waals surface area contributed by atoms with E-state index in [2.05, 4.69) is 20.9 Å². The van der Waals surface area contributed by atoms with Crippen LogP contribution in [0.4, 0.5) is 10.5 Å². The fourth-order valence-electron chi connectivity index (χ4n) is 3.47. The second-order valence-corrected chi connectivity index (χ2v) is 8.68. The monoisotopic (exact) mass is 543 g/mol. The van der Waals surface area contributed by atoms with E-state index in [4.69, 9.17) is 14.2 Å². The number of carbonyl (C=O) groups excluding carboxylic acids is 1. The normalized spacial score (nSPS) is 21.6. The number of nitro groups is 1. The Morgan fingerprint density at radius 2 is 2.15 bits per heavy atom. The number of carbonyl (C=O) groups is 1. The predicted molar refractivity (Wildman–Crippen MR) is 118 cm³/mol. The van der Waals surface area contributed by atoms with E-state index in [1.165, 1.54) is 31.3 Å². The Morgan fingerprint density at radius 1 is 1.44 bits per heavy atom. The molecule has 3 N–H and O–H groups in total. The van der Waals surface area contributed by atoms with Crippen molar-refractivity contribution in [3.05, 3.63) is 70.9 Å². The number of aryl methyl sites for hydroxylation is 1. The maximum Gasteiger partial charge on any atom is 0.510 e. The summed E-state index contributed by atoms with van der Waals surface area (Å²) in [5.41, 5.74) is -0.911. The Hall–Kier alpha value is -3.07. The number of ether oxygens (including phenoxy) is 3. The minimum atomic E-state index is -1.93. The largest absolute Gasteiger partial charge is 0.510 e. The molecule has 1 fully saturated rings. The third kappa shape index (κ3) is 5.70. The number of benzene rings is 1. The number of aliphatic hydroxyl groups is 2. The summed E-state index contributed by atoms with van der Waals surface area (Å²) in [5, 5.41) is 31.7. The highest BCUT2D eigenvalue weighted by molar-refractivity contribution is 9.10. The van der Waals surface area contributed by atoms with Crippen LogP contribution in [-0.2, 0) is 14.2 Å². The van der Waals surface area contributed by atoms with Crippen LogP contribution >= 0.6 is 15.9 Å². The van der Waals surface area contributed by atoms with Gasteiger partial charge in [0, 0.05) is 40.2 Å². The van der Waals surface area contributed by atoms with Crippen molar-refractivity contribution in [1.29, 1.82) is 0 Å². The molecule has 0 aliphatic carbocycles. The fourth-order valence-corrected chi connectivity index (χ4v) is 3.85. The molecule has 1 aliphatic rings. The third-order valence-electron chi connectivity index (χ3n) is 5.26. The number of rotatable bonds is 7. The number of hydrogen-bond donors (Lipinski definition) is 3. The van der Waals surface area contributed by atoms with Crippen LogP contribution < -0.4 is 11.2 Å². The molecular formula is C20H22BrN3O10. The van der Waals surface area contributed by atoms with Gasteiger partial charge in [-0.25, -0.2) is 9.59 Å². The first kappa shape index (κ1) is 25.6. The summed E-state index contributed by atoms with van der Waals surface area (Å²) in [6.45, 7) is 2.80. The van der Waals surface area contributed by atoms with E-state index in [9.17, 15) is 34.7 Å². The van der Waals surface area contributed by atoms with Crippen LogP contribution in [0, 0.1) is 17.0 Å². The highest BCUT2D eigenvalue weighted by atomic mass is 79.9. The summed E-state index contributed by atoms with van der Waals surface area (Å²) in [5.74, 6) is -0.573. The summed E-state index contributed by atoms with van der Waals surface area (Å²) < 4.78 is 16.9. The Labute approximate surface area is 200 Å². The third-order valence-corrected chi connectivity index (χ3v) is 5.75. The average molecular weight is 544 g/mol. The van der Waals surface area contributed by atoms with Crippen LogP contribution in [0.2, 0.25) is 0 Å². The molecule has 1 aliphatic heterocycles. The molecule has 1 aromatic heterocycles. The molecular weight excluding hydrogens is 522 g/mol. The van der Waals surface area contributed by atoms with Gasteiger partial charge >= 0.3 is 11.8 Å². The lowest BCUT2D eigenvalue weighted by Crippen LogP contribution is -2.38. The van der Waals surface area contributed by atoms with Crippen LogP contribution in [-0.4, -0.2) is 55.9 Å². The van der Waals surface area contributed by atoms with E-state index in [0.29, 0.717) is 10.0 Å². The topological polar surface area (TPSA) is 183 Å². The van der Waals surface area contributed by atoms with Gasteiger partial charge in [0.1, 0.15) is 18.9 Å². The number of hydrogen-bond acceptors (Lipinski definition) is 10. The van der Waals surface area contributed by atoms with Crippen LogP contribution in [0.3, 0.4) is 0 Å². The van der Waals surface area contributed by atoms with Gasteiger partial charge in [-0.15, -0.1) is 0 Å². The minimum Gasteiger partial charge on any atom is -0.434 e. The first-order chi connectivity index (χ1) is 16.0.